The zero-order valence-electron chi connectivity index (χ0n) is 15.6. The maximum absolute atomic E-state index is 12.3. The Bertz CT molecular complexity index is 801. The van der Waals surface area contributed by atoms with Crippen molar-refractivity contribution in [2.75, 3.05) is 5.32 Å². The van der Waals surface area contributed by atoms with E-state index in [0.717, 1.165) is 41.8 Å². The molecular formula is C19H25N5O2S. The highest BCUT2D eigenvalue weighted by Gasteiger charge is 2.20. The van der Waals surface area contributed by atoms with Gasteiger partial charge in [0.25, 0.3) is 0 Å². The van der Waals surface area contributed by atoms with Crippen LogP contribution < -0.4 is 16.0 Å². The largest absolute Gasteiger partial charge is 0.335 e. The average Bonchev–Trinajstić information content (AvgIpc) is 3.11. The van der Waals surface area contributed by atoms with Crippen molar-refractivity contribution in [3.63, 3.8) is 0 Å². The summed E-state index contributed by atoms with van der Waals surface area (Å²) >= 11 is 1.31. The summed E-state index contributed by atoms with van der Waals surface area (Å²) in [5.74, 6) is -0.319. The molecule has 0 radical (unpaired) electrons. The van der Waals surface area contributed by atoms with Gasteiger partial charge in [0.2, 0.25) is 11.0 Å². The second-order valence-electron chi connectivity index (χ2n) is 6.95. The van der Waals surface area contributed by atoms with E-state index < -0.39 is 6.04 Å². The number of hydrogen-bond acceptors (Lipinski definition) is 5. The zero-order chi connectivity index (χ0) is 19.2. The molecule has 0 spiro atoms. The number of amides is 3. The van der Waals surface area contributed by atoms with E-state index in [4.69, 9.17) is 0 Å². The Kier molecular flexibility index (Phi) is 6.39. The highest BCUT2D eigenvalue weighted by Crippen LogP contribution is 2.26. The lowest BCUT2D eigenvalue weighted by Gasteiger charge is -2.23. The Hall–Kier alpha value is -2.48. The molecule has 1 aliphatic carbocycles. The third-order valence-electron chi connectivity index (χ3n) is 4.60. The molecular weight excluding hydrogens is 362 g/mol. The molecule has 27 heavy (non-hydrogen) atoms. The van der Waals surface area contributed by atoms with Crippen molar-refractivity contribution in [1.82, 2.24) is 20.8 Å². The van der Waals surface area contributed by atoms with Crippen LogP contribution in [-0.2, 0) is 4.79 Å². The molecule has 0 saturated heterocycles. The lowest BCUT2D eigenvalue weighted by molar-refractivity contribution is -0.117. The molecule has 1 atom stereocenters. The average molecular weight is 388 g/mol. The molecule has 1 aliphatic rings. The molecule has 2 aromatic rings. The van der Waals surface area contributed by atoms with Crippen molar-refractivity contribution in [3.8, 4) is 10.6 Å². The minimum absolute atomic E-state index is 0.203. The predicted molar refractivity (Wildman–Crippen MR) is 107 cm³/mol. The van der Waals surface area contributed by atoms with Gasteiger partial charge in [-0.3, -0.25) is 10.1 Å². The third kappa shape index (κ3) is 5.50. The molecule has 7 nitrogen and oxygen atoms in total. The monoisotopic (exact) mass is 387 g/mol. The first-order valence-electron chi connectivity index (χ1n) is 9.29. The van der Waals surface area contributed by atoms with Crippen LogP contribution in [0.25, 0.3) is 10.6 Å². The van der Waals surface area contributed by atoms with Gasteiger partial charge in [0.1, 0.15) is 11.0 Å². The highest BCUT2D eigenvalue weighted by molar-refractivity contribution is 7.18. The van der Waals surface area contributed by atoms with E-state index in [1.165, 1.54) is 17.8 Å². The molecule has 3 rings (SSSR count). The van der Waals surface area contributed by atoms with Gasteiger partial charge in [-0.05, 0) is 32.8 Å². The smallest absolute Gasteiger partial charge is 0.315 e. The standard InChI is InChI=1S/C19H25N5O2S/c1-12-7-6-8-14(11-12)17-23-24-19(27-17)22-16(25)13(2)20-18(26)21-15-9-4-3-5-10-15/h6-8,11,13,15H,3-5,9-10H2,1-2H3,(H2,20,21,26)(H,22,24,25). The van der Waals surface area contributed by atoms with Crippen LogP contribution in [0.15, 0.2) is 24.3 Å². The summed E-state index contributed by atoms with van der Waals surface area (Å²) in [7, 11) is 0. The van der Waals surface area contributed by atoms with Crippen LogP contribution in [0.5, 0.6) is 0 Å². The van der Waals surface area contributed by atoms with E-state index in [1.54, 1.807) is 6.92 Å². The van der Waals surface area contributed by atoms with E-state index >= 15 is 0 Å². The van der Waals surface area contributed by atoms with Crippen molar-refractivity contribution in [2.24, 2.45) is 0 Å². The SMILES string of the molecule is Cc1cccc(-c2nnc(NC(=O)C(C)NC(=O)NC3CCCCC3)s2)c1. The van der Waals surface area contributed by atoms with E-state index in [0.29, 0.717) is 5.13 Å². The number of nitrogens with zero attached hydrogens (tertiary/aromatic N) is 2. The molecule has 3 amide bonds. The molecule has 1 saturated carbocycles. The number of rotatable bonds is 5. The number of aromatic nitrogens is 2. The van der Waals surface area contributed by atoms with Crippen molar-refractivity contribution in [2.45, 2.75) is 58.0 Å². The Balaban J connectivity index is 1.51. The summed E-state index contributed by atoms with van der Waals surface area (Å²) in [5, 5.41) is 17.7. The van der Waals surface area contributed by atoms with Gasteiger partial charge in [0, 0.05) is 11.6 Å². The molecule has 0 bridgehead atoms. The molecule has 1 aromatic carbocycles. The van der Waals surface area contributed by atoms with Crippen LogP contribution in [-0.4, -0.2) is 34.2 Å². The minimum Gasteiger partial charge on any atom is -0.335 e. The number of nitrogens with one attached hydrogen (secondary N) is 3. The second kappa shape index (κ2) is 8.94. The van der Waals surface area contributed by atoms with Crippen molar-refractivity contribution in [3.05, 3.63) is 29.8 Å². The first kappa shape index (κ1) is 19.3. The third-order valence-corrected chi connectivity index (χ3v) is 5.49. The molecule has 0 aliphatic heterocycles. The summed E-state index contributed by atoms with van der Waals surface area (Å²) < 4.78 is 0. The van der Waals surface area contributed by atoms with Crippen molar-refractivity contribution >= 4 is 28.4 Å². The van der Waals surface area contributed by atoms with Crippen LogP contribution in [0.1, 0.15) is 44.6 Å². The van der Waals surface area contributed by atoms with Gasteiger partial charge < -0.3 is 10.6 Å². The van der Waals surface area contributed by atoms with E-state index in [9.17, 15) is 9.59 Å². The fraction of sp³-hybridized carbons (Fsp3) is 0.474. The van der Waals surface area contributed by atoms with Gasteiger partial charge in [0.15, 0.2) is 0 Å². The number of hydrogen-bond donors (Lipinski definition) is 3. The van der Waals surface area contributed by atoms with Crippen LogP contribution >= 0.6 is 11.3 Å². The number of urea groups is 1. The van der Waals surface area contributed by atoms with Crippen LogP contribution in [0, 0.1) is 6.92 Å². The summed E-state index contributed by atoms with van der Waals surface area (Å²) in [4.78, 5) is 24.4. The summed E-state index contributed by atoms with van der Waals surface area (Å²) in [6.45, 7) is 3.66. The molecule has 1 heterocycles. The van der Waals surface area contributed by atoms with Crippen molar-refractivity contribution < 1.29 is 9.59 Å². The van der Waals surface area contributed by atoms with Crippen LogP contribution in [0.2, 0.25) is 0 Å². The number of carbonyl (C=O) groups excluding carboxylic acids is 2. The Morgan fingerprint density at radius 3 is 2.70 bits per heavy atom. The summed E-state index contributed by atoms with van der Waals surface area (Å²) in [5.41, 5.74) is 2.10. The maximum atomic E-state index is 12.3. The van der Waals surface area contributed by atoms with E-state index in [2.05, 4.69) is 26.1 Å². The molecule has 1 aromatic heterocycles. The van der Waals surface area contributed by atoms with Crippen LogP contribution in [0.3, 0.4) is 0 Å². The van der Waals surface area contributed by atoms with Gasteiger partial charge in [-0.15, -0.1) is 10.2 Å². The maximum Gasteiger partial charge on any atom is 0.315 e. The predicted octanol–water partition coefficient (Wildman–Crippen LogP) is 3.47. The lowest BCUT2D eigenvalue weighted by atomic mass is 9.96. The normalized spacial score (nSPS) is 15.8. The van der Waals surface area contributed by atoms with Crippen molar-refractivity contribution in [1.29, 1.82) is 0 Å². The van der Waals surface area contributed by atoms with E-state index in [1.807, 2.05) is 31.2 Å². The highest BCUT2D eigenvalue weighted by atomic mass is 32.1. The first-order chi connectivity index (χ1) is 13.0. The summed E-state index contributed by atoms with van der Waals surface area (Å²) in [6, 6.07) is 7.18. The topological polar surface area (TPSA) is 96.0 Å². The number of carbonyl (C=O) groups is 2. The Labute approximate surface area is 163 Å². The second-order valence-corrected chi connectivity index (χ2v) is 7.92. The quantitative estimate of drug-likeness (QED) is 0.732. The molecule has 3 N–H and O–H groups in total. The minimum atomic E-state index is -0.667. The first-order valence-corrected chi connectivity index (χ1v) is 10.1. The molecule has 8 heteroatoms. The fourth-order valence-electron chi connectivity index (χ4n) is 3.12. The molecule has 1 fully saturated rings. The van der Waals surface area contributed by atoms with Gasteiger partial charge in [-0.25, -0.2) is 4.79 Å². The zero-order valence-corrected chi connectivity index (χ0v) is 16.4. The lowest BCUT2D eigenvalue weighted by Crippen LogP contribution is -2.49. The van der Waals surface area contributed by atoms with Crippen LogP contribution in [0.4, 0.5) is 9.93 Å². The Morgan fingerprint density at radius 2 is 1.96 bits per heavy atom. The fourth-order valence-corrected chi connectivity index (χ4v) is 3.86. The van der Waals surface area contributed by atoms with Gasteiger partial charge >= 0.3 is 6.03 Å². The van der Waals surface area contributed by atoms with Gasteiger partial charge in [-0.1, -0.05) is 54.4 Å². The summed E-state index contributed by atoms with van der Waals surface area (Å²) in [6.07, 6.45) is 5.51. The Morgan fingerprint density at radius 1 is 1.19 bits per heavy atom. The number of aryl methyl sites for hydroxylation is 1. The van der Waals surface area contributed by atoms with Gasteiger partial charge in [0.05, 0.1) is 0 Å². The van der Waals surface area contributed by atoms with E-state index in [-0.39, 0.29) is 18.0 Å². The van der Waals surface area contributed by atoms with Gasteiger partial charge in [-0.2, -0.15) is 0 Å². The molecule has 1 unspecified atom stereocenters. The number of anilines is 1. The number of benzene rings is 1. The molecule has 144 valence electrons.